The van der Waals surface area contributed by atoms with Crippen LogP contribution in [-0.4, -0.2) is 24.3 Å². The zero-order valence-corrected chi connectivity index (χ0v) is 9.84. The third-order valence-electron chi connectivity index (χ3n) is 3.26. The molecule has 2 heteroatoms. The van der Waals surface area contributed by atoms with Crippen LogP contribution in [0.15, 0.2) is 0 Å². The van der Waals surface area contributed by atoms with Crippen LogP contribution in [0.4, 0.5) is 0 Å². The molecule has 0 bridgehead atoms. The molecule has 1 saturated carbocycles. The maximum Gasteiger partial charge on any atom is 0.0436 e. The van der Waals surface area contributed by atoms with Gasteiger partial charge in [0.05, 0.1) is 0 Å². The van der Waals surface area contributed by atoms with Crippen LogP contribution in [0.1, 0.15) is 46.5 Å². The summed E-state index contributed by atoms with van der Waals surface area (Å²) in [6.45, 7) is 8.03. The van der Waals surface area contributed by atoms with Crippen LogP contribution in [0.25, 0.3) is 0 Å². The fourth-order valence-electron chi connectivity index (χ4n) is 1.94. The predicted molar refractivity (Wildman–Crippen MR) is 60.3 cm³/mol. The SMILES string of the molecule is CCC(NCC(C)(C)CCO)C1CC1. The first kappa shape index (κ1) is 12.0. The number of hydrogen-bond donors (Lipinski definition) is 2. The molecular formula is C12H25NO. The quantitative estimate of drug-likeness (QED) is 0.658. The Labute approximate surface area is 88.1 Å². The van der Waals surface area contributed by atoms with Crippen LogP contribution >= 0.6 is 0 Å². The van der Waals surface area contributed by atoms with Gasteiger partial charge in [-0.05, 0) is 37.0 Å². The largest absolute Gasteiger partial charge is 0.396 e. The van der Waals surface area contributed by atoms with Crippen LogP contribution < -0.4 is 5.32 Å². The van der Waals surface area contributed by atoms with Gasteiger partial charge in [-0.3, -0.25) is 0 Å². The average Bonchev–Trinajstić information content (AvgIpc) is 2.89. The fraction of sp³-hybridized carbons (Fsp3) is 1.00. The molecule has 0 aromatic heterocycles. The van der Waals surface area contributed by atoms with Crippen molar-refractivity contribution in [3.63, 3.8) is 0 Å². The van der Waals surface area contributed by atoms with Gasteiger partial charge >= 0.3 is 0 Å². The maximum absolute atomic E-state index is 8.92. The summed E-state index contributed by atoms with van der Waals surface area (Å²) in [5, 5.41) is 12.6. The molecule has 0 aromatic rings. The van der Waals surface area contributed by atoms with Gasteiger partial charge in [0.15, 0.2) is 0 Å². The lowest BCUT2D eigenvalue weighted by Crippen LogP contribution is -2.38. The van der Waals surface area contributed by atoms with Crippen molar-refractivity contribution in [3.8, 4) is 0 Å². The molecule has 2 nitrogen and oxygen atoms in total. The van der Waals surface area contributed by atoms with Crippen molar-refractivity contribution in [1.82, 2.24) is 5.32 Å². The minimum atomic E-state index is 0.233. The van der Waals surface area contributed by atoms with Gasteiger partial charge in [0.2, 0.25) is 0 Å². The van der Waals surface area contributed by atoms with Crippen molar-refractivity contribution in [2.24, 2.45) is 11.3 Å². The van der Waals surface area contributed by atoms with E-state index >= 15 is 0 Å². The molecule has 0 spiro atoms. The summed E-state index contributed by atoms with van der Waals surface area (Å²) in [6.07, 6.45) is 4.94. The minimum absolute atomic E-state index is 0.233. The van der Waals surface area contributed by atoms with E-state index in [2.05, 4.69) is 26.1 Å². The lowest BCUT2D eigenvalue weighted by Gasteiger charge is -2.27. The van der Waals surface area contributed by atoms with Crippen molar-refractivity contribution >= 4 is 0 Å². The lowest BCUT2D eigenvalue weighted by atomic mass is 9.89. The van der Waals surface area contributed by atoms with Crippen molar-refractivity contribution < 1.29 is 5.11 Å². The second kappa shape index (κ2) is 5.13. The Morgan fingerprint density at radius 3 is 2.50 bits per heavy atom. The standard InChI is InChI=1S/C12H25NO/c1-4-11(10-5-6-10)13-9-12(2,3)7-8-14/h10-11,13-14H,4-9H2,1-3H3. The Hall–Kier alpha value is -0.0800. The zero-order valence-electron chi connectivity index (χ0n) is 9.84. The van der Waals surface area contributed by atoms with Crippen molar-refractivity contribution in [3.05, 3.63) is 0 Å². The van der Waals surface area contributed by atoms with Crippen LogP contribution in [0.2, 0.25) is 0 Å². The van der Waals surface area contributed by atoms with E-state index < -0.39 is 0 Å². The van der Waals surface area contributed by atoms with Gasteiger partial charge in [-0.25, -0.2) is 0 Å². The van der Waals surface area contributed by atoms with Crippen LogP contribution in [0.3, 0.4) is 0 Å². The highest BCUT2D eigenvalue weighted by molar-refractivity contribution is 4.86. The molecule has 0 aromatic carbocycles. The number of aliphatic hydroxyl groups excluding tert-OH is 1. The number of aliphatic hydroxyl groups is 1. The van der Waals surface area contributed by atoms with Gasteiger partial charge in [-0.1, -0.05) is 20.8 Å². The zero-order chi connectivity index (χ0) is 10.6. The molecule has 1 fully saturated rings. The van der Waals surface area contributed by atoms with E-state index in [1.54, 1.807) is 0 Å². The van der Waals surface area contributed by atoms with Gasteiger partial charge in [0.25, 0.3) is 0 Å². The highest BCUT2D eigenvalue weighted by atomic mass is 16.3. The molecule has 14 heavy (non-hydrogen) atoms. The van der Waals surface area contributed by atoms with Gasteiger partial charge in [-0.15, -0.1) is 0 Å². The molecule has 0 radical (unpaired) electrons. The summed E-state index contributed by atoms with van der Waals surface area (Å²) in [4.78, 5) is 0. The fourth-order valence-corrected chi connectivity index (χ4v) is 1.94. The summed E-state index contributed by atoms with van der Waals surface area (Å²) in [5.41, 5.74) is 0.233. The molecule has 84 valence electrons. The van der Waals surface area contributed by atoms with E-state index in [9.17, 15) is 0 Å². The van der Waals surface area contributed by atoms with Crippen molar-refractivity contribution in [1.29, 1.82) is 0 Å². The van der Waals surface area contributed by atoms with E-state index in [0.29, 0.717) is 12.6 Å². The third kappa shape index (κ3) is 3.97. The van der Waals surface area contributed by atoms with Gasteiger partial charge in [-0.2, -0.15) is 0 Å². The lowest BCUT2D eigenvalue weighted by molar-refractivity contribution is 0.200. The van der Waals surface area contributed by atoms with E-state index in [1.165, 1.54) is 19.3 Å². The van der Waals surface area contributed by atoms with Gasteiger partial charge < -0.3 is 10.4 Å². The normalized spacial score (nSPS) is 19.7. The average molecular weight is 199 g/mol. The molecule has 1 aliphatic carbocycles. The Morgan fingerprint density at radius 2 is 2.07 bits per heavy atom. The predicted octanol–water partition coefficient (Wildman–Crippen LogP) is 2.17. The highest BCUT2D eigenvalue weighted by Gasteiger charge is 2.30. The summed E-state index contributed by atoms with van der Waals surface area (Å²) in [6, 6.07) is 0.716. The van der Waals surface area contributed by atoms with Gasteiger partial charge in [0, 0.05) is 19.2 Å². The first-order chi connectivity index (χ1) is 6.59. The van der Waals surface area contributed by atoms with Crippen LogP contribution in [0.5, 0.6) is 0 Å². The minimum Gasteiger partial charge on any atom is -0.396 e. The molecule has 1 rings (SSSR count). The molecule has 0 aliphatic heterocycles. The van der Waals surface area contributed by atoms with Crippen LogP contribution in [0, 0.1) is 11.3 Å². The topological polar surface area (TPSA) is 32.3 Å². The van der Waals surface area contributed by atoms with Gasteiger partial charge in [0.1, 0.15) is 0 Å². The number of nitrogens with one attached hydrogen (secondary N) is 1. The summed E-state index contributed by atoms with van der Waals surface area (Å²) < 4.78 is 0. The molecular weight excluding hydrogens is 174 g/mol. The Kier molecular flexibility index (Phi) is 4.39. The monoisotopic (exact) mass is 199 g/mol. The van der Waals surface area contributed by atoms with Crippen molar-refractivity contribution in [2.45, 2.75) is 52.5 Å². The molecule has 0 heterocycles. The molecule has 1 aliphatic rings. The first-order valence-corrected chi connectivity index (χ1v) is 5.93. The van der Waals surface area contributed by atoms with Crippen LogP contribution in [-0.2, 0) is 0 Å². The molecule has 0 saturated heterocycles. The van der Waals surface area contributed by atoms with E-state index in [0.717, 1.165) is 18.9 Å². The first-order valence-electron chi connectivity index (χ1n) is 5.93. The Bertz CT molecular complexity index is 164. The molecule has 1 unspecified atom stereocenters. The van der Waals surface area contributed by atoms with E-state index in [4.69, 9.17) is 5.11 Å². The highest BCUT2D eigenvalue weighted by Crippen LogP contribution is 2.34. The number of rotatable bonds is 7. The molecule has 2 N–H and O–H groups in total. The Balaban J connectivity index is 2.22. The summed E-state index contributed by atoms with van der Waals surface area (Å²) in [7, 11) is 0. The summed E-state index contributed by atoms with van der Waals surface area (Å²) >= 11 is 0. The smallest absolute Gasteiger partial charge is 0.0436 e. The third-order valence-corrected chi connectivity index (χ3v) is 3.26. The molecule has 1 atom stereocenters. The summed E-state index contributed by atoms with van der Waals surface area (Å²) in [5.74, 6) is 0.935. The van der Waals surface area contributed by atoms with Crippen molar-refractivity contribution in [2.75, 3.05) is 13.2 Å². The second-order valence-corrected chi connectivity index (χ2v) is 5.37. The molecule has 0 amide bonds. The number of hydrogen-bond acceptors (Lipinski definition) is 2. The van der Waals surface area contributed by atoms with E-state index in [1.807, 2.05) is 0 Å². The van der Waals surface area contributed by atoms with E-state index in [-0.39, 0.29) is 5.41 Å². The maximum atomic E-state index is 8.92. The Morgan fingerprint density at radius 1 is 1.43 bits per heavy atom. The second-order valence-electron chi connectivity index (χ2n) is 5.37.